The highest BCUT2D eigenvalue weighted by Gasteiger charge is 2.35. The van der Waals surface area contributed by atoms with Gasteiger partial charge in [0.15, 0.2) is 5.65 Å². The average molecular weight is 461 g/mol. The number of hydrogen-bond acceptors (Lipinski definition) is 5. The van der Waals surface area contributed by atoms with Crippen molar-refractivity contribution < 1.29 is 22.7 Å². The van der Waals surface area contributed by atoms with Crippen LogP contribution in [0.5, 0.6) is 0 Å². The summed E-state index contributed by atoms with van der Waals surface area (Å²) in [5, 5.41) is 0. The van der Waals surface area contributed by atoms with Crippen LogP contribution in [0.15, 0.2) is 47.4 Å². The van der Waals surface area contributed by atoms with Crippen molar-refractivity contribution in [3.8, 4) is 11.3 Å². The fraction of sp³-hybridized carbons (Fsp3) is 0.417. The molecule has 2 aromatic heterocycles. The highest BCUT2D eigenvalue weighted by Crippen LogP contribution is 2.32. The van der Waals surface area contributed by atoms with Crippen LogP contribution in [0.4, 0.5) is 13.2 Å². The first kappa shape index (κ1) is 24.4. The summed E-state index contributed by atoms with van der Waals surface area (Å²) in [7, 11) is 0. The van der Waals surface area contributed by atoms with Crippen molar-refractivity contribution in [1.29, 1.82) is 0 Å². The number of nitrogens with zero attached hydrogens (tertiary/aromatic N) is 3. The Bertz CT molecular complexity index is 1230. The monoisotopic (exact) mass is 461 g/mol. The average Bonchev–Trinajstić information content (AvgIpc) is 2.73. The zero-order valence-electron chi connectivity index (χ0n) is 19.1. The first-order valence-corrected chi connectivity index (χ1v) is 10.6. The maximum Gasteiger partial charge on any atom is 0.416 e. The minimum Gasteiger partial charge on any atom is -0.458 e. The van der Waals surface area contributed by atoms with Gasteiger partial charge < -0.3 is 4.74 Å². The zero-order valence-corrected chi connectivity index (χ0v) is 19.1. The number of esters is 1. The van der Waals surface area contributed by atoms with E-state index in [0.29, 0.717) is 6.42 Å². The number of fused-ring (bicyclic) bond motifs is 1. The summed E-state index contributed by atoms with van der Waals surface area (Å²) in [4.78, 5) is 35.4. The molecule has 2 atom stereocenters. The van der Waals surface area contributed by atoms with Crippen molar-refractivity contribution in [2.45, 2.75) is 58.9 Å². The molecule has 0 amide bonds. The van der Waals surface area contributed by atoms with Gasteiger partial charge in [-0.2, -0.15) is 13.2 Å². The summed E-state index contributed by atoms with van der Waals surface area (Å²) in [6, 6.07) is 6.57. The molecule has 3 rings (SSSR count). The third-order valence-electron chi connectivity index (χ3n) is 5.22. The Morgan fingerprint density at radius 2 is 1.85 bits per heavy atom. The molecular formula is C24H26F3N3O3. The number of halogens is 3. The van der Waals surface area contributed by atoms with Gasteiger partial charge in [-0.15, -0.1) is 0 Å². The van der Waals surface area contributed by atoms with Crippen LogP contribution in [0.1, 0.15) is 52.6 Å². The molecule has 3 aromatic rings. The molecule has 1 aromatic carbocycles. The minimum absolute atomic E-state index is 0.00131. The van der Waals surface area contributed by atoms with Crippen LogP contribution in [-0.4, -0.2) is 26.1 Å². The number of alkyl halides is 3. The summed E-state index contributed by atoms with van der Waals surface area (Å²) in [6.07, 6.45) is -2.57. The lowest BCUT2D eigenvalue weighted by Crippen LogP contribution is -2.39. The zero-order chi connectivity index (χ0) is 24.6. The van der Waals surface area contributed by atoms with E-state index in [1.54, 1.807) is 39.8 Å². The van der Waals surface area contributed by atoms with E-state index in [0.717, 1.165) is 12.1 Å². The van der Waals surface area contributed by atoms with Gasteiger partial charge in [-0.05, 0) is 51.0 Å². The fourth-order valence-electron chi connectivity index (χ4n) is 3.51. The predicted octanol–water partition coefficient (Wildman–Crippen LogP) is 5.41. The quantitative estimate of drug-likeness (QED) is 0.475. The van der Waals surface area contributed by atoms with Crippen molar-refractivity contribution in [1.82, 2.24) is 14.5 Å². The molecule has 176 valence electrons. The lowest BCUT2D eigenvalue weighted by molar-refractivity contribution is -0.160. The molecule has 0 radical (unpaired) electrons. The van der Waals surface area contributed by atoms with Crippen molar-refractivity contribution in [2.24, 2.45) is 5.92 Å². The molecular weight excluding hydrogens is 435 g/mol. The van der Waals surface area contributed by atoms with Gasteiger partial charge in [0.1, 0.15) is 22.9 Å². The summed E-state index contributed by atoms with van der Waals surface area (Å²) in [6.45, 7) is 8.84. The van der Waals surface area contributed by atoms with Crippen LogP contribution in [0, 0.1) is 5.92 Å². The molecule has 0 aliphatic carbocycles. The van der Waals surface area contributed by atoms with Crippen molar-refractivity contribution >= 4 is 17.1 Å². The lowest BCUT2D eigenvalue weighted by Gasteiger charge is -2.29. The fourth-order valence-corrected chi connectivity index (χ4v) is 3.51. The Morgan fingerprint density at radius 1 is 1.15 bits per heavy atom. The van der Waals surface area contributed by atoms with Gasteiger partial charge >= 0.3 is 12.1 Å². The standard InChI is InChI=1S/C24H26F3N3O3/c1-6-14(2)19(22(32)33-23(3,4)5)30-20-17(11-8-12-28-20)29-18(21(30)31)15-9-7-10-16(13-15)24(25,26)27/h7-14,19H,6H2,1-5H3/t14-,19-/m0/s1. The van der Waals surface area contributed by atoms with E-state index in [9.17, 15) is 22.8 Å². The Balaban J connectivity index is 2.33. The molecule has 0 N–H and O–H groups in total. The molecule has 6 nitrogen and oxygen atoms in total. The Morgan fingerprint density at radius 3 is 2.45 bits per heavy atom. The first-order valence-electron chi connectivity index (χ1n) is 10.6. The van der Waals surface area contributed by atoms with Gasteiger partial charge in [-0.3, -0.25) is 9.36 Å². The molecule has 0 aliphatic rings. The SMILES string of the molecule is CC[C@H](C)[C@@H](C(=O)OC(C)(C)C)n1c(=O)c(-c2cccc(C(F)(F)F)c2)nc2cccnc21. The molecule has 0 bridgehead atoms. The number of pyridine rings is 1. The van der Waals surface area contributed by atoms with Crippen molar-refractivity contribution in [3.63, 3.8) is 0 Å². The topological polar surface area (TPSA) is 74.1 Å². The molecule has 2 heterocycles. The van der Waals surface area contributed by atoms with E-state index >= 15 is 0 Å². The molecule has 9 heteroatoms. The Hall–Kier alpha value is -3.23. The molecule has 0 saturated carbocycles. The highest BCUT2D eigenvalue weighted by molar-refractivity contribution is 5.80. The number of carbonyl (C=O) groups excluding carboxylic acids is 1. The van der Waals surface area contributed by atoms with Crippen molar-refractivity contribution in [2.75, 3.05) is 0 Å². The van der Waals surface area contributed by atoms with E-state index in [1.165, 1.54) is 22.9 Å². The summed E-state index contributed by atoms with van der Waals surface area (Å²) in [5.74, 6) is -0.938. The van der Waals surface area contributed by atoms with E-state index in [4.69, 9.17) is 4.74 Å². The number of hydrogen-bond donors (Lipinski definition) is 0. The first-order chi connectivity index (χ1) is 15.3. The van der Waals surface area contributed by atoms with E-state index in [-0.39, 0.29) is 28.3 Å². The second-order valence-corrected chi connectivity index (χ2v) is 8.92. The van der Waals surface area contributed by atoms with E-state index in [1.807, 2.05) is 6.92 Å². The van der Waals surface area contributed by atoms with Crippen LogP contribution in [0.2, 0.25) is 0 Å². The van der Waals surface area contributed by atoms with Gasteiger partial charge in [0.25, 0.3) is 5.56 Å². The van der Waals surface area contributed by atoms with Gasteiger partial charge in [0.2, 0.25) is 0 Å². The number of benzene rings is 1. The molecule has 0 unspecified atom stereocenters. The normalized spacial score (nSPS) is 14.2. The number of ether oxygens (including phenoxy) is 1. The molecule has 0 fully saturated rings. The smallest absolute Gasteiger partial charge is 0.416 e. The number of rotatable bonds is 5. The van der Waals surface area contributed by atoms with Gasteiger partial charge in [0, 0.05) is 11.8 Å². The van der Waals surface area contributed by atoms with Gasteiger partial charge in [-0.25, -0.2) is 14.8 Å². The van der Waals surface area contributed by atoms with Crippen LogP contribution >= 0.6 is 0 Å². The maximum atomic E-state index is 13.6. The predicted molar refractivity (Wildman–Crippen MR) is 119 cm³/mol. The van der Waals surface area contributed by atoms with Gasteiger partial charge in [0.05, 0.1) is 5.56 Å². The Labute approximate surface area is 189 Å². The summed E-state index contributed by atoms with van der Waals surface area (Å²) < 4.78 is 46.7. The van der Waals surface area contributed by atoms with E-state index < -0.39 is 34.9 Å². The van der Waals surface area contributed by atoms with Crippen LogP contribution in [0.25, 0.3) is 22.4 Å². The largest absolute Gasteiger partial charge is 0.458 e. The molecule has 0 spiro atoms. The third kappa shape index (κ3) is 5.23. The van der Waals surface area contributed by atoms with Crippen molar-refractivity contribution in [3.05, 3.63) is 58.5 Å². The number of aromatic nitrogens is 3. The van der Waals surface area contributed by atoms with E-state index in [2.05, 4.69) is 9.97 Å². The van der Waals surface area contributed by atoms with Gasteiger partial charge in [-0.1, -0.05) is 32.4 Å². The van der Waals surface area contributed by atoms with Crippen LogP contribution in [-0.2, 0) is 15.7 Å². The lowest BCUT2D eigenvalue weighted by atomic mass is 9.98. The second-order valence-electron chi connectivity index (χ2n) is 8.92. The summed E-state index contributed by atoms with van der Waals surface area (Å²) in [5.41, 5.74) is -2.16. The molecule has 0 saturated heterocycles. The highest BCUT2D eigenvalue weighted by atomic mass is 19.4. The van der Waals surface area contributed by atoms with Crippen LogP contribution in [0.3, 0.4) is 0 Å². The van der Waals surface area contributed by atoms with Crippen LogP contribution < -0.4 is 5.56 Å². The Kier molecular flexibility index (Phi) is 6.63. The maximum absolute atomic E-state index is 13.6. The number of carbonyl (C=O) groups is 1. The summed E-state index contributed by atoms with van der Waals surface area (Å²) >= 11 is 0. The second kappa shape index (κ2) is 8.96. The molecule has 33 heavy (non-hydrogen) atoms. The molecule has 0 aliphatic heterocycles. The minimum atomic E-state index is -4.58. The third-order valence-corrected chi connectivity index (χ3v) is 5.22.